The van der Waals surface area contributed by atoms with Gasteiger partial charge in [0.25, 0.3) is 5.91 Å². The van der Waals surface area contributed by atoms with Crippen LogP contribution in [-0.4, -0.2) is 54.9 Å². The van der Waals surface area contributed by atoms with Crippen LogP contribution in [0.3, 0.4) is 0 Å². The fourth-order valence-corrected chi connectivity index (χ4v) is 6.29. The number of aromatic nitrogens is 1. The molecule has 220 valence electrons. The number of hydrogen-bond donors (Lipinski definition) is 2. The first kappa shape index (κ1) is 31.3. The topological polar surface area (TPSA) is 83.6 Å². The number of anilines is 1. The fourth-order valence-electron chi connectivity index (χ4n) is 4.41. The second kappa shape index (κ2) is 15.5. The Bertz CT molecular complexity index is 1470. The van der Waals surface area contributed by atoms with Gasteiger partial charge in [-0.25, -0.2) is 4.98 Å². The van der Waals surface area contributed by atoms with E-state index < -0.39 is 0 Å². The Morgan fingerprint density at radius 3 is 2.55 bits per heavy atom. The van der Waals surface area contributed by atoms with Crippen LogP contribution in [0.15, 0.2) is 82.7 Å². The molecule has 7 nitrogen and oxygen atoms in total. The molecule has 0 bridgehead atoms. The normalized spacial score (nSPS) is 11.7. The summed E-state index contributed by atoms with van der Waals surface area (Å²) in [6.45, 7) is 10.0. The Labute approximate surface area is 256 Å². The number of rotatable bonds is 15. The largest absolute Gasteiger partial charge is 0.491 e. The van der Waals surface area contributed by atoms with E-state index in [9.17, 15) is 9.59 Å². The summed E-state index contributed by atoms with van der Waals surface area (Å²) in [4.78, 5) is 34.1. The number of aldehydes is 1. The second-order valence-electron chi connectivity index (χ2n) is 9.80. The molecule has 1 amide bonds. The lowest BCUT2D eigenvalue weighted by Gasteiger charge is -2.21. The third kappa shape index (κ3) is 8.44. The van der Waals surface area contributed by atoms with Crippen molar-refractivity contribution in [2.75, 3.05) is 32.0 Å². The molecule has 0 saturated heterocycles. The minimum absolute atomic E-state index is 0.143. The fraction of sp³-hybridized carbons (Fsp3) is 0.303. The Hall–Kier alpha value is -3.66. The zero-order valence-corrected chi connectivity index (χ0v) is 26.2. The zero-order chi connectivity index (χ0) is 29.9. The molecule has 4 rings (SSSR count). The van der Waals surface area contributed by atoms with E-state index in [-0.39, 0.29) is 12.0 Å². The van der Waals surface area contributed by atoms with Crippen molar-refractivity contribution in [2.24, 2.45) is 0 Å². The Balaban J connectivity index is 1.32. The van der Waals surface area contributed by atoms with Crippen LogP contribution in [0.25, 0.3) is 10.6 Å². The number of hydrogen-bond acceptors (Lipinski definition) is 8. The number of carbonyl (C=O) groups excluding carboxylic acids is 2. The van der Waals surface area contributed by atoms with Crippen LogP contribution in [0.5, 0.6) is 5.75 Å². The highest BCUT2D eigenvalue weighted by Crippen LogP contribution is 2.35. The van der Waals surface area contributed by atoms with Crippen LogP contribution >= 0.6 is 23.1 Å². The maximum absolute atomic E-state index is 13.0. The van der Waals surface area contributed by atoms with Crippen LogP contribution in [-0.2, 0) is 6.54 Å². The van der Waals surface area contributed by atoms with Gasteiger partial charge >= 0.3 is 0 Å². The van der Waals surface area contributed by atoms with Gasteiger partial charge < -0.3 is 20.3 Å². The van der Waals surface area contributed by atoms with Crippen molar-refractivity contribution in [3.63, 3.8) is 0 Å². The first-order chi connectivity index (χ1) is 20.4. The summed E-state index contributed by atoms with van der Waals surface area (Å²) < 4.78 is 6.11. The molecule has 0 radical (unpaired) electrons. The van der Waals surface area contributed by atoms with Crippen molar-refractivity contribution in [1.29, 1.82) is 0 Å². The lowest BCUT2D eigenvalue weighted by Crippen LogP contribution is -2.27. The molecule has 2 N–H and O–H groups in total. The predicted molar refractivity (Wildman–Crippen MR) is 173 cm³/mol. The van der Waals surface area contributed by atoms with Crippen molar-refractivity contribution < 1.29 is 14.3 Å². The molecule has 1 aromatic heterocycles. The SMILES string of the molecule is CCN(CC)CCC(C)Oc1ccc(-c2ncc(CNC(=O)c3ccc(Sc4ccccc4C=O)c(NC)c3)s2)cc1. The highest BCUT2D eigenvalue weighted by molar-refractivity contribution is 7.99. The lowest BCUT2D eigenvalue weighted by atomic mass is 10.2. The summed E-state index contributed by atoms with van der Waals surface area (Å²) in [7, 11) is 1.82. The number of benzene rings is 3. The third-order valence-corrected chi connectivity index (χ3v) is 9.15. The molecular weight excluding hydrogens is 565 g/mol. The molecule has 1 heterocycles. The number of thiazole rings is 1. The number of ether oxygens (including phenoxy) is 1. The molecule has 0 saturated carbocycles. The average molecular weight is 603 g/mol. The molecule has 3 aromatic carbocycles. The molecule has 4 aromatic rings. The molecule has 1 atom stereocenters. The maximum Gasteiger partial charge on any atom is 0.251 e. The summed E-state index contributed by atoms with van der Waals surface area (Å²) in [5, 5.41) is 7.07. The number of nitrogens with one attached hydrogen (secondary N) is 2. The highest BCUT2D eigenvalue weighted by Gasteiger charge is 2.13. The summed E-state index contributed by atoms with van der Waals surface area (Å²) in [6.07, 6.45) is 3.79. The summed E-state index contributed by atoms with van der Waals surface area (Å²) >= 11 is 3.05. The Kier molecular flexibility index (Phi) is 11.6. The first-order valence-electron chi connectivity index (χ1n) is 14.2. The van der Waals surface area contributed by atoms with Gasteiger partial charge in [-0.3, -0.25) is 9.59 Å². The molecule has 42 heavy (non-hydrogen) atoms. The van der Waals surface area contributed by atoms with Crippen molar-refractivity contribution in [1.82, 2.24) is 15.2 Å². The van der Waals surface area contributed by atoms with Gasteiger partial charge in [0.05, 0.1) is 12.6 Å². The Morgan fingerprint density at radius 1 is 1.07 bits per heavy atom. The van der Waals surface area contributed by atoms with Gasteiger partial charge in [-0.15, -0.1) is 11.3 Å². The molecule has 1 unspecified atom stereocenters. The zero-order valence-electron chi connectivity index (χ0n) is 24.6. The van der Waals surface area contributed by atoms with E-state index in [4.69, 9.17) is 4.74 Å². The molecule has 0 fully saturated rings. The molecule has 0 aliphatic rings. The van der Waals surface area contributed by atoms with Crippen molar-refractivity contribution in [2.45, 2.75) is 49.6 Å². The van der Waals surface area contributed by atoms with E-state index in [1.807, 2.05) is 67.8 Å². The smallest absolute Gasteiger partial charge is 0.251 e. The van der Waals surface area contributed by atoms with E-state index in [1.165, 1.54) is 11.8 Å². The molecule has 0 spiro atoms. The lowest BCUT2D eigenvalue weighted by molar-refractivity contribution is 0.0951. The van der Waals surface area contributed by atoms with Crippen LogP contribution in [0.4, 0.5) is 5.69 Å². The molecule has 9 heteroatoms. The van der Waals surface area contributed by atoms with Gasteiger partial charge in [-0.05, 0) is 75.0 Å². The standard InChI is InChI=1S/C33H38N4O3S2/c1-5-37(6-2)18-17-23(3)40-27-14-11-24(12-15-27)33-36-21-28(41-33)20-35-32(39)25-13-16-31(29(19-25)34-4)42-30-10-8-7-9-26(30)22-38/h7-16,19,21-23,34H,5-6,17-18,20H2,1-4H3,(H,35,39). The highest BCUT2D eigenvalue weighted by atomic mass is 32.2. The maximum atomic E-state index is 13.0. The van der Waals surface area contributed by atoms with Gasteiger partial charge in [0.2, 0.25) is 0 Å². The predicted octanol–water partition coefficient (Wildman–Crippen LogP) is 7.24. The summed E-state index contributed by atoms with van der Waals surface area (Å²) in [6, 6.07) is 21.0. The van der Waals surface area contributed by atoms with Crippen molar-refractivity contribution in [3.8, 4) is 16.3 Å². The first-order valence-corrected chi connectivity index (χ1v) is 15.8. The second-order valence-corrected chi connectivity index (χ2v) is 12.0. The molecular formula is C33H38N4O3S2. The van der Waals surface area contributed by atoms with E-state index in [0.717, 1.165) is 69.0 Å². The van der Waals surface area contributed by atoms with Gasteiger partial charge in [-0.1, -0.05) is 43.8 Å². The van der Waals surface area contributed by atoms with Crippen LogP contribution < -0.4 is 15.4 Å². The number of amides is 1. The van der Waals surface area contributed by atoms with Crippen molar-refractivity contribution >= 4 is 41.0 Å². The third-order valence-electron chi connectivity index (χ3n) is 6.94. The summed E-state index contributed by atoms with van der Waals surface area (Å²) in [5.41, 5.74) is 3.03. The minimum atomic E-state index is -0.164. The van der Waals surface area contributed by atoms with Gasteiger partial charge in [-0.2, -0.15) is 0 Å². The van der Waals surface area contributed by atoms with Crippen molar-refractivity contribution in [3.05, 3.63) is 88.9 Å². The quantitative estimate of drug-likeness (QED) is 0.139. The van der Waals surface area contributed by atoms with Gasteiger partial charge in [0.1, 0.15) is 10.8 Å². The van der Waals surface area contributed by atoms with Gasteiger partial charge in [0, 0.05) is 56.8 Å². The van der Waals surface area contributed by atoms with Crippen LogP contribution in [0.2, 0.25) is 0 Å². The number of carbonyl (C=O) groups is 2. The van der Waals surface area contributed by atoms with Crippen LogP contribution in [0, 0.1) is 0 Å². The Morgan fingerprint density at radius 2 is 1.83 bits per heavy atom. The molecule has 0 aliphatic heterocycles. The van der Waals surface area contributed by atoms with Gasteiger partial charge in [0.15, 0.2) is 6.29 Å². The van der Waals surface area contributed by atoms with Crippen LogP contribution in [0.1, 0.15) is 52.8 Å². The average Bonchev–Trinajstić information content (AvgIpc) is 3.50. The van der Waals surface area contributed by atoms with E-state index in [1.54, 1.807) is 23.5 Å². The summed E-state index contributed by atoms with van der Waals surface area (Å²) in [5.74, 6) is 0.691. The molecule has 0 aliphatic carbocycles. The van der Waals surface area contributed by atoms with E-state index in [0.29, 0.717) is 17.7 Å². The van der Waals surface area contributed by atoms with E-state index in [2.05, 4.69) is 41.3 Å². The monoisotopic (exact) mass is 602 g/mol. The van der Waals surface area contributed by atoms with E-state index >= 15 is 0 Å². The minimum Gasteiger partial charge on any atom is -0.491 e. The number of nitrogens with zero attached hydrogens (tertiary/aromatic N) is 2.